The first-order chi connectivity index (χ1) is 4.79. The molecule has 56 valence electrons. The van der Waals surface area contributed by atoms with Gasteiger partial charge in [0.25, 0.3) is 0 Å². The fourth-order valence-corrected chi connectivity index (χ4v) is 1.56. The molecular formula is C9H15N. The summed E-state index contributed by atoms with van der Waals surface area (Å²) in [4.78, 5) is 0. The molecule has 0 aliphatic heterocycles. The van der Waals surface area contributed by atoms with Gasteiger partial charge in [0.2, 0.25) is 0 Å². The number of allylic oxidation sites excluding steroid dienone is 2. The van der Waals surface area contributed by atoms with Crippen molar-refractivity contribution in [1.82, 2.24) is 0 Å². The van der Waals surface area contributed by atoms with Gasteiger partial charge in [0, 0.05) is 6.04 Å². The average molecular weight is 137 g/mol. The van der Waals surface area contributed by atoms with E-state index in [1.807, 2.05) is 0 Å². The average Bonchev–Trinajstić information content (AvgIpc) is 2.30. The quantitative estimate of drug-likeness (QED) is 0.543. The van der Waals surface area contributed by atoms with E-state index in [0.29, 0.717) is 6.04 Å². The van der Waals surface area contributed by atoms with Crippen LogP contribution in [0.2, 0.25) is 0 Å². The van der Waals surface area contributed by atoms with Crippen molar-refractivity contribution in [2.75, 3.05) is 0 Å². The van der Waals surface area contributed by atoms with Crippen molar-refractivity contribution in [3.05, 3.63) is 23.3 Å². The van der Waals surface area contributed by atoms with Gasteiger partial charge in [0.05, 0.1) is 0 Å². The summed E-state index contributed by atoms with van der Waals surface area (Å²) in [5.41, 5.74) is 8.64. The summed E-state index contributed by atoms with van der Waals surface area (Å²) in [6, 6.07) is 0.302. The Morgan fingerprint density at radius 3 is 2.50 bits per heavy atom. The molecule has 1 saturated carbocycles. The van der Waals surface area contributed by atoms with Gasteiger partial charge in [-0.15, -0.1) is 0 Å². The second kappa shape index (κ2) is 3.02. The third-order valence-electron chi connectivity index (χ3n) is 2.15. The van der Waals surface area contributed by atoms with Crippen molar-refractivity contribution in [3.8, 4) is 0 Å². The second-order valence-corrected chi connectivity index (χ2v) is 2.70. The molecule has 2 N–H and O–H groups in total. The van der Waals surface area contributed by atoms with Crippen molar-refractivity contribution in [1.29, 1.82) is 0 Å². The molecule has 10 heavy (non-hydrogen) atoms. The third kappa shape index (κ3) is 1.14. The lowest BCUT2D eigenvalue weighted by Crippen LogP contribution is -2.16. The van der Waals surface area contributed by atoms with Gasteiger partial charge in [0.1, 0.15) is 0 Å². The van der Waals surface area contributed by atoms with E-state index >= 15 is 0 Å². The van der Waals surface area contributed by atoms with Gasteiger partial charge in [0.15, 0.2) is 0 Å². The Hall–Kier alpha value is -0.560. The van der Waals surface area contributed by atoms with Crippen LogP contribution in [0.3, 0.4) is 0 Å². The molecule has 1 aliphatic carbocycles. The van der Waals surface area contributed by atoms with Crippen LogP contribution < -0.4 is 5.73 Å². The summed E-state index contributed by atoms with van der Waals surface area (Å²) in [7, 11) is 0. The van der Waals surface area contributed by atoms with Crippen LogP contribution in [0.15, 0.2) is 23.3 Å². The molecule has 1 unspecified atom stereocenters. The maximum atomic E-state index is 5.85. The van der Waals surface area contributed by atoms with Crippen molar-refractivity contribution in [2.45, 2.75) is 32.7 Å². The smallest absolute Gasteiger partial charge is 0.0297 e. The number of hydrogen-bond acceptors (Lipinski definition) is 1. The van der Waals surface area contributed by atoms with Gasteiger partial charge in [-0.3, -0.25) is 0 Å². The molecule has 1 rings (SSSR count). The van der Waals surface area contributed by atoms with E-state index in [2.05, 4.69) is 26.0 Å². The molecule has 0 aromatic carbocycles. The minimum Gasteiger partial charge on any atom is -0.324 e. The molecule has 0 aromatic rings. The zero-order valence-corrected chi connectivity index (χ0v) is 6.72. The predicted octanol–water partition coefficient (Wildman–Crippen LogP) is 2.00. The Bertz CT molecular complexity index is 177. The Balaban J connectivity index is 2.84. The Kier molecular flexibility index (Phi) is 2.28. The fourth-order valence-electron chi connectivity index (χ4n) is 1.56. The van der Waals surface area contributed by atoms with E-state index in [1.165, 1.54) is 11.1 Å². The topological polar surface area (TPSA) is 26.0 Å². The van der Waals surface area contributed by atoms with Crippen LogP contribution in [0.25, 0.3) is 0 Å². The Labute approximate surface area is 62.6 Å². The van der Waals surface area contributed by atoms with E-state index in [9.17, 15) is 0 Å². The van der Waals surface area contributed by atoms with Gasteiger partial charge in [-0.05, 0) is 37.8 Å². The maximum absolute atomic E-state index is 5.85. The minimum atomic E-state index is 0.302. The van der Waals surface area contributed by atoms with Gasteiger partial charge in [-0.1, -0.05) is 12.2 Å². The van der Waals surface area contributed by atoms with E-state index in [-0.39, 0.29) is 0 Å². The summed E-state index contributed by atoms with van der Waals surface area (Å²) >= 11 is 0. The zero-order chi connectivity index (χ0) is 7.56. The lowest BCUT2D eigenvalue weighted by molar-refractivity contribution is 0.778. The molecule has 0 heterocycles. The first-order valence-corrected chi connectivity index (χ1v) is 3.87. The normalized spacial score (nSPS) is 34.1. The molecule has 1 nitrogen and oxygen atoms in total. The molecular weight excluding hydrogens is 122 g/mol. The molecule has 1 atom stereocenters. The Morgan fingerprint density at radius 2 is 2.10 bits per heavy atom. The molecule has 0 radical (unpaired) electrons. The van der Waals surface area contributed by atoms with Gasteiger partial charge in [-0.25, -0.2) is 0 Å². The minimum absolute atomic E-state index is 0.302. The summed E-state index contributed by atoms with van der Waals surface area (Å²) in [6.45, 7) is 4.14. The van der Waals surface area contributed by atoms with Crippen molar-refractivity contribution >= 4 is 0 Å². The highest BCUT2D eigenvalue weighted by atomic mass is 14.7. The number of hydrogen-bond donors (Lipinski definition) is 1. The maximum Gasteiger partial charge on any atom is 0.0297 e. The van der Waals surface area contributed by atoms with Crippen LogP contribution in [0, 0.1) is 0 Å². The molecule has 0 bridgehead atoms. The molecule has 0 spiro atoms. The first kappa shape index (κ1) is 7.55. The summed E-state index contributed by atoms with van der Waals surface area (Å²) in [5, 5.41) is 0. The van der Waals surface area contributed by atoms with Crippen LogP contribution in [0.4, 0.5) is 0 Å². The van der Waals surface area contributed by atoms with E-state index in [0.717, 1.165) is 12.8 Å². The van der Waals surface area contributed by atoms with Crippen LogP contribution in [0.1, 0.15) is 26.7 Å². The van der Waals surface area contributed by atoms with E-state index in [4.69, 9.17) is 5.73 Å². The predicted molar refractivity (Wildman–Crippen MR) is 44.7 cm³/mol. The van der Waals surface area contributed by atoms with E-state index < -0.39 is 0 Å². The van der Waals surface area contributed by atoms with E-state index in [1.54, 1.807) is 0 Å². The largest absolute Gasteiger partial charge is 0.324 e. The summed E-state index contributed by atoms with van der Waals surface area (Å²) < 4.78 is 0. The monoisotopic (exact) mass is 137 g/mol. The van der Waals surface area contributed by atoms with Crippen LogP contribution in [-0.4, -0.2) is 6.04 Å². The van der Waals surface area contributed by atoms with Crippen LogP contribution in [-0.2, 0) is 0 Å². The zero-order valence-electron chi connectivity index (χ0n) is 6.72. The molecule has 0 amide bonds. The standard InChI is InChI=1S/C9H15N/c1-3-7-5-6-9(10)8(7)4-2/h3-4,9H,5-6,10H2,1-2H3. The van der Waals surface area contributed by atoms with Crippen LogP contribution in [0.5, 0.6) is 0 Å². The number of nitrogens with two attached hydrogens (primary N) is 1. The molecule has 0 saturated heterocycles. The number of rotatable bonds is 0. The molecule has 1 aliphatic rings. The highest BCUT2D eigenvalue weighted by Crippen LogP contribution is 2.28. The molecule has 0 aromatic heterocycles. The lowest BCUT2D eigenvalue weighted by atomic mass is 10.1. The third-order valence-corrected chi connectivity index (χ3v) is 2.15. The first-order valence-electron chi connectivity index (χ1n) is 3.87. The van der Waals surface area contributed by atoms with Crippen molar-refractivity contribution in [2.24, 2.45) is 5.73 Å². The summed E-state index contributed by atoms with van der Waals surface area (Å²) in [6.07, 6.45) is 6.59. The van der Waals surface area contributed by atoms with Crippen LogP contribution >= 0.6 is 0 Å². The SMILES string of the molecule is CC=C1CCC(N)C1=CC. The molecule has 1 heteroatoms. The second-order valence-electron chi connectivity index (χ2n) is 2.70. The summed E-state index contributed by atoms with van der Waals surface area (Å²) in [5.74, 6) is 0. The lowest BCUT2D eigenvalue weighted by Gasteiger charge is -2.03. The van der Waals surface area contributed by atoms with Crippen molar-refractivity contribution < 1.29 is 0 Å². The van der Waals surface area contributed by atoms with Gasteiger partial charge in [-0.2, -0.15) is 0 Å². The van der Waals surface area contributed by atoms with Gasteiger partial charge < -0.3 is 5.73 Å². The highest BCUT2D eigenvalue weighted by Gasteiger charge is 2.19. The Morgan fingerprint density at radius 1 is 1.40 bits per heavy atom. The molecule has 1 fully saturated rings. The highest BCUT2D eigenvalue weighted by molar-refractivity contribution is 5.38. The fraction of sp³-hybridized carbons (Fsp3) is 0.556. The van der Waals surface area contributed by atoms with Gasteiger partial charge >= 0.3 is 0 Å². The van der Waals surface area contributed by atoms with Crippen molar-refractivity contribution in [3.63, 3.8) is 0 Å².